The van der Waals surface area contributed by atoms with Gasteiger partial charge >= 0.3 is 12.1 Å². The van der Waals surface area contributed by atoms with Gasteiger partial charge in [-0.1, -0.05) is 55.1 Å². The molecule has 0 bridgehead atoms. The highest BCUT2D eigenvalue weighted by Crippen LogP contribution is 2.32. The molecule has 15 heteroatoms. The number of carbonyl (C=O) groups excluding carboxylic acids is 2. The number of hydrogen-bond acceptors (Lipinski definition) is 8. The first-order valence-corrected chi connectivity index (χ1v) is 19.9. The highest BCUT2D eigenvalue weighted by atomic mass is 31.0. The molecular formula is C45H48F4N5O5P. The van der Waals surface area contributed by atoms with Gasteiger partial charge in [0.25, 0.3) is 0 Å². The Morgan fingerprint density at radius 2 is 1.58 bits per heavy atom. The van der Waals surface area contributed by atoms with Crippen molar-refractivity contribution in [3.05, 3.63) is 147 Å². The van der Waals surface area contributed by atoms with Crippen LogP contribution in [0.3, 0.4) is 0 Å². The number of allylic oxidation sites excluding steroid dienone is 1. The molecule has 1 fully saturated rings. The minimum absolute atomic E-state index is 0.114. The third-order valence-electron chi connectivity index (χ3n) is 10.7. The van der Waals surface area contributed by atoms with Crippen molar-refractivity contribution in [2.75, 3.05) is 20.2 Å². The summed E-state index contributed by atoms with van der Waals surface area (Å²) in [5.41, 5.74) is 2.44. The number of nitroso groups, excluding NO2 is 1. The largest absolute Gasteiger partial charge is 0.468 e. The van der Waals surface area contributed by atoms with E-state index in [1.807, 2.05) is 49.1 Å². The Morgan fingerprint density at radius 1 is 0.967 bits per heavy atom. The number of methoxy groups -OCH3 is 1. The van der Waals surface area contributed by atoms with Crippen LogP contribution in [0.25, 0.3) is 22.2 Å². The minimum Gasteiger partial charge on any atom is -0.468 e. The number of piperidine rings is 1. The van der Waals surface area contributed by atoms with Crippen molar-refractivity contribution in [1.29, 1.82) is 0 Å². The van der Waals surface area contributed by atoms with Gasteiger partial charge in [0.1, 0.15) is 23.5 Å². The van der Waals surface area contributed by atoms with Gasteiger partial charge in [0.15, 0.2) is 5.43 Å². The van der Waals surface area contributed by atoms with E-state index in [2.05, 4.69) is 30.9 Å². The Bertz CT molecular complexity index is 2390. The Morgan fingerprint density at radius 3 is 2.17 bits per heavy atom. The van der Waals surface area contributed by atoms with E-state index in [9.17, 15) is 31.9 Å². The summed E-state index contributed by atoms with van der Waals surface area (Å²) in [5.74, 6) is -0.893. The molecule has 1 unspecified atom stereocenters. The van der Waals surface area contributed by atoms with Crippen molar-refractivity contribution in [2.45, 2.75) is 77.3 Å². The van der Waals surface area contributed by atoms with E-state index < -0.39 is 17.3 Å². The number of halogens is 4. The third kappa shape index (κ3) is 11.0. The quantitative estimate of drug-likeness (QED) is 0.0538. The number of fused-ring (bicyclic) bond motifs is 1. The molecule has 316 valence electrons. The van der Waals surface area contributed by atoms with E-state index in [1.54, 1.807) is 35.9 Å². The fourth-order valence-corrected chi connectivity index (χ4v) is 7.64. The van der Waals surface area contributed by atoms with Crippen LogP contribution in [0.5, 0.6) is 0 Å². The highest BCUT2D eigenvalue weighted by molar-refractivity contribution is 7.27. The van der Waals surface area contributed by atoms with E-state index >= 15 is 0 Å². The van der Waals surface area contributed by atoms with Crippen LogP contribution in [0, 0.1) is 10.7 Å². The van der Waals surface area contributed by atoms with Gasteiger partial charge in [-0.15, -0.1) is 14.1 Å². The molecule has 0 saturated carbocycles. The summed E-state index contributed by atoms with van der Waals surface area (Å²) in [5, 5.41) is 3.27. The number of pyridine rings is 2. The van der Waals surface area contributed by atoms with E-state index in [0.717, 1.165) is 28.8 Å². The van der Waals surface area contributed by atoms with Crippen LogP contribution in [-0.4, -0.2) is 63.0 Å². The SMILES string of the molecule is C=C(C)N=O.COC(=O)C(C)(C)N1CCC(N(Cc2ccc(-c3ccc(C(F)(F)F)cc3)cc2)C(=O)Cn2c(CCc3cccc(F)c3P)cc(=O)c3cccnc32)CC1. The lowest BCUT2D eigenvalue weighted by Gasteiger charge is -2.44. The second-order valence-corrected chi connectivity index (χ2v) is 15.7. The molecule has 1 aliphatic rings. The highest BCUT2D eigenvalue weighted by Gasteiger charge is 2.39. The van der Waals surface area contributed by atoms with Gasteiger partial charge in [0.05, 0.1) is 23.8 Å². The second-order valence-electron chi connectivity index (χ2n) is 15.2. The number of ether oxygens (including phenoxy) is 1. The molecule has 3 heterocycles. The van der Waals surface area contributed by atoms with Gasteiger partial charge in [-0.2, -0.15) is 13.2 Å². The maximum absolute atomic E-state index is 14.7. The number of nitrogens with zero attached hydrogens (tertiary/aromatic N) is 5. The zero-order chi connectivity index (χ0) is 43.8. The van der Waals surface area contributed by atoms with Gasteiger partial charge in [0.2, 0.25) is 5.91 Å². The monoisotopic (exact) mass is 845 g/mol. The van der Waals surface area contributed by atoms with Gasteiger partial charge in [0, 0.05) is 48.9 Å². The molecular weight excluding hydrogens is 797 g/mol. The van der Waals surface area contributed by atoms with Crippen molar-refractivity contribution in [3.63, 3.8) is 0 Å². The maximum atomic E-state index is 14.7. The second kappa shape index (κ2) is 19.6. The standard InChI is InChI=1S/C42H43F4N4O4P.C3H5NO/c1-41(2,40(53)54-3)48-22-19-32(20-23-48)49(25-27-9-11-28(12-10-27)29-13-16-31(17-14-29)42(44,45)46)37(52)26-50-33(18-15-30-6-4-8-35(43)38(30)55)24-36(51)34-7-5-21-47-39(34)50;1-3(2)4-5/h4-14,16-17,21,24,32H,15,18-20,22-23,25-26,55H2,1-3H3;1H2,2H3. The average molecular weight is 846 g/mol. The third-order valence-corrected chi connectivity index (χ3v) is 11.4. The lowest BCUT2D eigenvalue weighted by molar-refractivity contribution is -0.155. The molecule has 3 aromatic carbocycles. The number of aromatic nitrogens is 2. The lowest BCUT2D eigenvalue weighted by atomic mass is 9.95. The Labute approximate surface area is 348 Å². The van der Waals surface area contributed by atoms with Crippen molar-refractivity contribution in [2.24, 2.45) is 5.18 Å². The number of likely N-dealkylation sites (tertiary alicyclic amines) is 1. The number of rotatable bonds is 12. The van der Waals surface area contributed by atoms with Gasteiger partial charge in [-0.25, -0.2) is 9.37 Å². The first kappa shape index (κ1) is 45.5. The van der Waals surface area contributed by atoms with E-state index in [0.29, 0.717) is 72.1 Å². The number of carbonyl (C=O) groups is 2. The minimum atomic E-state index is -4.43. The van der Waals surface area contributed by atoms with Crippen molar-refractivity contribution >= 4 is 37.5 Å². The van der Waals surface area contributed by atoms with Crippen LogP contribution in [-0.2, 0) is 46.4 Å². The molecule has 1 aliphatic heterocycles. The molecule has 2 aromatic heterocycles. The van der Waals surface area contributed by atoms with E-state index in [-0.39, 0.29) is 42.3 Å². The first-order chi connectivity index (χ1) is 28.4. The number of amides is 1. The van der Waals surface area contributed by atoms with Crippen LogP contribution in [0.2, 0.25) is 0 Å². The van der Waals surface area contributed by atoms with E-state index in [4.69, 9.17) is 9.64 Å². The maximum Gasteiger partial charge on any atom is 0.416 e. The topological polar surface area (TPSA) is 114 Å². The summed E-state index contributed by atoms with van der Waals surface area (Å²) in [7, 11) is 3.80. The van der Waals surface area contributed by atoms with Crippen LogP contribution < -0.4 is 10.7 Å². The van der Waals surface area contributed by atoms with Crippen LogP contribution >= 0.6 is 9.24 Å². The fraction of sp³-hybridized carbons (Fsp3) is 0.333. The van der Waals surface area contributed by atoms with Crippen LogP contribution in [0.4, 0.5) is 17.6 Å². The number of aryl methyl sites for hydroxylation is 2. The zero-order valence-electron chi connectivity index (χ0n) is 34.0. The Kier molecular flexibility index (Phi) is 14.9. The zero-order valence-corrected chi connectivity index (χ0v) is 35.1. The molecule has 6 rings (SSSR count). The summed E-state index contributed by atoms with van der Waals surface area (Å²) in [6.07, 6.45) is -0.904. The number of alkyl halides is 3. The van der Waals surface area contributed by atoms with E-state index in [1.165, 1.54) is 31.4 Å². The molecule has 0 spiro atoms. The smallest absolute Gasteiger partial charge is 0.416 e. The summed E-state index contributed by atoms with van der Waals surface area (Å²) < 4.78 is 60.7. The predicted octanol–water partition coefficient (Wildman–Crippen LogP) is 8.24. The van der Waals surface area contributed by atoms with Crippen LogP contribution in [0.15, 0.2) is 113 Å². The Hall–Kier alpha value is -5.59. The number of hydrogen-bond donors (Lipinski definition) is 0. The fourth-order valence-electron chi connectivity index (χ4n) is 7.31. The van der Waals surface area contributed by atoms with Gasteiger partial charge in [-0.3, -0.25) is 19.3 Å². The molecule has 60 heavy (non-hydrogen) atoms. The number of benzene rings is 3. The molecule has 0 aliphatic carbocycles. The summed E-state index contributed by atoms with van der Waals surface area (Å²) >= 11 is 0. The normalized spacial score (nSPS) is 13.6. The lowest BCUT2D eigenvalue weighted by Crippen LogP contribution is -2.56. The summed E-state index contributed by atoms with van der Waals surface area (Å²) in [6.45, 7) is 9.60. The van der Waals surface area contributed by atoms with Gasteiger partial charge in [-0.05, 0) is 104 Å². The first-order valence-electron chi connectivity index (χ1n) is 19.3. The average Bonchev–Trinajstić information content (AvgIpc) is 3.24. The molecule has 1 saturated heterocycles. The molecule has 1 amide bonds. The predicted molar refractivity (Wildman–Crippen MR) is 228 cm³/mol. The van der Waals surface area contributed by atoms with Crippen molar-refractivity contribution in [1.82, 2.24) is 19.4 Å². The van der Waals surface area contributed by atoms with Crippen molar-refractivity contribution in [3.8, 4) is 11.1 Å². The molecule has 1 atom stereocenters. The van der Waals surface area contributed by atoms with Crippen LogP contribution in [0.1, 0.15) is 56.0 Å². The summed E-state index contributed by atoms with van der Waals surface area (Å²) in [6, 6.07) is 21.9. The number of esters is 1. The van der Waals surface area contributed by atoms with Gasteiger partial charge < -0.3 is 14.2 Å². The molecule has 5 aromatic rings. The molecule has 0 N–H and O–H groups in total. The Balaban J connectivity index is 0.00000129. The molecule has 10 nitrogen and oxygen atoms in total. The van der Waals surface area contributed by atoms with Crippen molar-refractivity contribution < 1.29 is 31.9 Å². The molecule has 0 radical (unpaired) electrons. The summed E-state index contributed by atoms with van der Waals surface area (Å²) in [4.78, 5) is 58.1.